The normalized spacial score (nSPS) is 19.6. The summed E-state index contributed by atoms with van der Waals surface area (Å²) < 4.78 is 37.3. The van der Waals surface area contributed by atoms with Crippen LogP contribution >= 0.6 is 0 Å². The van der Waals surface area contributed by atoms with E-state index in [1.54, 1.807) is 49.1 Å². The molecule has 33 heavy (non-hydrogen) atoms. The molecule has 1 unspecified atom stereocenters. The van der Waals surface area contributed by atoms with Gasteiger partial charge in [-0.15, -0.1) is 0 Å². The zero-order chi connectivity index (χ0) is 24.0. The molecule has 2 heterocycles. The monoisotopic (exact) mass is 480 g/mol. The minimum Gasteiger partial charge on any atom is -0.466 e. The third-order valence-electron chi connectivity index (χ3n) is 6.24. The number of benzene rings is 1. The summed E-state index contributed by atoms with van der Waals surface area (Å²) in [6, 6.07) is 8.22. The van der Waals surface area contributed by atoms with Crippen LogP contribution in [-0.2, 0) is 33.9 Å². The van der Waals surface area contributed by atoms with E-state index in [9.17, 15) is 22.8 Å². The molecule has 2 fully saturated rings. The maximum absolute atomic E-state index is 12.7. The molecule has 182 valence electrons. The average molecular weight is 481 g/mol. The van der Waals surface area contributed by atoms with E-state index in [0.717, 1.165) is 0 Å². The highest BCUT2D eigenvalue weighted by atomic mass is 32.2. The van der Waals surface area contributed by atoms with Crippen LogP contribution in [0.2, 0.25) is 0 Å². The van der Waals surface area contributed by atoms with Crippen molar-refractivity contribution in [3.05, 3.63) is 30.3 Å². The highest BCUT2D eigenvalue weighted by Crippen LogP contribution is 2.25. The van der Waals surface area contributed by atoms with Gasteiger partial charge in [0.25, 0.3) is 5.91 Å². The van der Waals surface area contributed by atoms with Crippen molar-refractivity contribution in [1.29, 1.82) is 0 Å². The lowest BCUT2D eigenvalue weighted by atomic mass is 9.96. The lowest BCUT2D eigenvalue weighted by molar-refractivity contribution is -0.164. The molecule has 1 aromatic carbocycles. The summed E-state index contributed by atoms with van der Waals surface area (Å²) in [6.45, 7) is 4.93. The first-order valence-corrected chi connectivity index (χ1v) is 12.9. The standard InChI is InChI=1S/C23H32N2O7S/c1-3-31-22(27)18-9-13-24(14-10-18)21(26)17(2)32-23(28)19-11-15-25(16-12-19)33(29,30)20-7-5-4-6-8-20/h4-8,17-19H,3,9-16H2,1-2H3. The van der Waals surface area contributed by atoms with Crippen LogP contribution in [0.15, 0.2) is 35.2 Å². The Hall–Kier alpha value is -2.46. The van der Waals surface area contributed by atoms with E-state index in [4.69, 9.17) is 9.47 Å². The van der Waals surface area contributed by atoms with Crippen molar-refractivity contribution < 1.29 is 32.3 Å². The molecule has 0 spiro atoms. The average Bonchev–Trinajstić information content (AvgIpc) is 2.84. The van der Waals surface area contributed by atoms with Gasteiger partial charge in [0.05, 0.1) is 23.3 Å². The Kier molecular flexibility index (Phi) is 8.47. The first-order chi connectivity index (χ1) is 15.7. The largest absolute Gasteiger partial charge is 0.466 e. The first kappa shape index (κ1) is 25.2. The van der Waals surface area contributed by atoms with Crippen molar-refractivity contribution in [2.45, 2.75) is 50.5 Å². The highest BCUT2D eigenvalue weighted by molar-refractivity contribution is 7.89. The minimum atomic E-state index is -3.59. The van der Waals surface area contributed by atoms with Crippen LogP contribution in [0.1, 0.15) is 39.5 Å². The van der Waals surface area contributed by atoms with E-state index in [0.29, 0.717) is 45.4 Å². The van der Waals surface area contributed by atoms with Gasteiger partial charge < -0.3 is 14.4 Å². The summed E-state index contributed by atoms with van der Waals surface area (Å²) in [7, 11) is -3.59. The number of rotatable bonds is 7. The fourth-order valence-electron chi connectivity index (χ4n) is 4.25. The molecule has 0 radical (unpaired) electrons. The molecule has 0 N–H and O–H groups in total. The van der Waals surface area contributed by atoms with Crippen molar-refractivity contribution >= 4 is 27.9 Å². The zero-order valence-electron chi connectivity index (χ0n) is 19.1. The molecule has 0 saturated carbocycles. The van der Waals surface area contributed by atoms with Gasteiger partial charge in [-0.05, 0) is 51.7 Å². The number of ether oxygens (including phenoxy) is 2. The van der Waals surface area contributed by atoms with Gasteiger partial charge in [-0.3, -0.25) is 14.4 Å². The highest BCUT2D eigenvalue weighted by Gasteiger charge is 2.35. The molecule has 0 bridgehead atoms. The molecule has 2 aliphatic heterocycles. The summed E-state index contributed by atoms with van der Waals surface area (Å²) in [6.07, 6.45) is 0.815. The maximum atomic E-state index is 12.7. The molecule has 1 aromatic rings. The number of nitrogens with zero attached hydrogens (tertiary/aromatic N) is 2. The number of likely N-dealkylation sites (tertiary alicyclic amines) is 1. The lowest BCUT2D eigenvalue weighted by Gasteiger charge is -2.33. The van der Waals surface area contributed by atoms with E-state index < -0.39 is 28.0 Å². The number of sulfonamides is 1. The smallest absolute Gasteiger partial charge is 0.309 e. The predicted octanol–water partition coefficient (Wildman–Crippen LogP) is 1.82. The maximum Gasteiger partial charge on any atom is 0.309 e. The topological polar surface area (TPSA) is 110 Å². The van der Waals surface area contributed by atoms with Crippen molar-refractivity contribution in [2.75, 3.05) is 32.8 Å². The number of piperidine rings is 2. The zero-order valence-corrected chi connectivity index (χ0v) is 20.0. The van der Waals surface area contributed by atoms with E-state index in [-0.39, 0.29) is 35.8 Å². The molecule has 2 aliphatic rings. The third-order valence-corrected chi connectivity index (χ3v) is 8.15. The van der Waals surface area contributed by atoms with Gasteiger partial charge in [-0.2, -0.15) is 4.31 Å². The Balaban J connectivity index is 1.46. The Bertz CT molecular complexity index is 935. The minimum absolute atomic E-state index is 0.204. The van der Waals surface area contributed by atoms with Crippen molar-refractivity contribution in [2.24, 2.45) is 11.8 Å². The molecule has 9 nitrogen and oxygen atoms in total. The summed E-state index contributed by atoms with van der Waals surface area (Å²) in [5.41, 5.74) is 0. The number of esters is 2. The number of amides is 1. The van der Waals surface area contributed by atoms with E-state index in [1.807, 2.05) is 0 Å². The second kappa shape index (κ2) is 11.1. The van der Waals surface area contributed by atoms with Gasteiger partial charge in [0.1, 0.15) is 0 Å². The number of hydrogen-bond donors (Lipinski definition) is 0. The summed E-state index contributed by atoms with van der Waals surface area (Å²) in [5, 5.41) is 0. The van der Waals surface area contributed by atoms with Crippen molar-refractivity contribution in [3.63, 3.8) is 0 Å². The van der Waals surface area contributed by atoms with Crippen LogP contribution in [-0.4, -0.2) is 74.4 Å². The molecule has 1 atom stereocenters. The Labute approximate surface area is 195 Å². The van der Waals surface area contributed by atoms with Gasteiger partial charge in [0.2, 0.25) is 10.0 Å². The summed E-state index contributed by atoms with van der Waals surface area (Å²) in [4.78, 5) is 39.0. The molecule has 0 aromatic heterocycles. The van der Waals surface area contributed by atoms with Crippen LogP contribution in [0.4, 0.5) is 0 Å². The summed E-state index contributed by atoms with van der Waals surface area (Å²) in [5.74, 6) is -1.64. The Morgan fingerprint density at radius 1 is 0.939 bits per heavy atom. The van der Waals surface area contributed by atoms with Gasteiger partial charge in [-0.25, -0.2) is 8.42 Å². The molecular weight excluding hydrogens is 448 g/mol. The van der Waals surface area contributed by atoms with Gasteiger partial charge in [0, 0.05) is 26.2 Å². The third kappa shape index (κ3) is 6.11. The molecule has 10 heteroatoms. The predicted molar refractivity (Wildman–Crippen MR) is 119 cm³/mol. The van der Waals surface area contributed by atoms with Crippen molar-refractivity contribution in [3.8, 4) is 0 Å². The molecule has 3 rings (SSSR count). The molecule has 2 saturated heterocycles. The first-order valence-electron chi connectivity index (χ1n) is 11.4. The SMILES string of the molecule is CCOC(=O)C1CCN(C(=O)C(C)OC(=O)C2CCN(S(=O)(=O)c3ccccc3)CC2)CC1. The van der Waals surface area contributed by atoms with E-state index >= 15 is 0 Å². The van der Waals surface area contributed by atoms with E-state index in [2.05, 4.69) is 0 Å². The van der Waals surface area contributed by atoms with Crippen LogP contribution in [0, 0.1) is 11.8 Å². The van der Waals surface area contributed by atoms with Gasteiger partial charge in [0.15, 0.2) is 6.10 Å². The van der Waals surface area contributed by atoms with E-state index in [1.165, 1.54) is 4.31 Å². The van der Waals surface area contributed by atoms with Gasteiger partial charge >= 0.3 is 11.9 Å². The molecule has 1 amide bonds. The van der Waals surface area contributed by atoms with Crippen molar-refractivity contribution in [1.82, 2.24) is 9.21 Å². The second-order valence-corrected chi connectivity index (χ2v) is 10.4. The van der Waals surface area contributed by atoms with Crippen LogP contribution < -0.4 is 0 Å². The van der Waals surface area contributed by atoms with Crippen LogP contribution in [0.25, 0.3) is 0 Å². The molecular formula is C23H32N2O7S. The number of hydrogen-bond acceptors (Lipinski definition) is 7. The number of carbonyl (C=O) groups excluding carboxylic acids is 3. The summed E-state index contributed by atoms with van der Waals surface area (Å²) >= 11 is 0. The Morgan fingerprint density at radius 2 is 1.48 bits per heavy atom. The Morgan fingerprint density at radius 3 is 2.06 bits per heavy atom. The second-order valence-electron chi connectivity index (χ2n) is 8.42. The molecule has 0 aliphatic carbocycles. The van der Waals surface area contributed by atoms with Crippen LogP contribution in [0.3, 0.4) is 0 Å². The van der Waals surface area contributed by atoms with Gasteiger partial charge in [-0.1, -0.05) is 18.2 Å². The fraction of sp³-hybridized carbons (Fsp3) is 0.609. The lowest BCUT2D eigenvalue weighted by Crippen LogP contribution is -2.46. The quantitative estimate of drug-likeness (QED) is 0.548. The van der Waals surface area contributed by atoms with Crippen LogP contribution in [0.5, 0.6) is 0 Å². The number of carbonyl (C=O) groups is 3. The fourth-order valence-corrected chi connectivity index (χ4v) is 5.74.